The van der Waals surface area contributed by atoms with Crippen LogP contribution in [-0.4, -0.2) is 20.1 Å². The minimum atomic E-state index is -3.41. The van der Waals surface area contributed by atoms with Crippen LogP contribution in [0.3, 0.4) is 0 Å². The van der Waals surface area contributed by atoms with E-state index in [-0.39, 0.29) is 11.5 Å². The number of benzene rings is 1. The van der Waals surface area contributed by atoms with Gasteiger partial charge in [-0.3, -0.25) is 0 Å². The van der Waals surface area contributed by atoms with Gasteiger partial charge in [0.1, 0.15) is 0 Å². The first kappa shape index (κ1) is 11.6. The number of aliphatic hydroxyl groups excluding tert-OH is 1. The summed E-state index contributed by atoms with van der Waals surface area (Å²) in [6.07, 6.45) is 2.22. The van der Waals surface area contributed by atoms with E-state index in [9.17, 15) is 8.42 Å². The third kappa shape index (κ3) is 2.81. The van der Waals surface area contributed by atoms with Crippen LogP contribution in [0.25, 0.3) is 0 Å². The molecule has 0 spiro atoms. The molecular formula is C11H15NO3S. The van der Waals surface area contributed by atoms with E-state index in [4.69, 9.17) is 5.11 Å². The second kappa shape index (κ2) is 4.53. The van der Waals surface area contributed by atoms with Crippen molar-refractivity contribution in [3.63, 3.8) is 0 Å². The first-order valence-corrected chi connectivity index (χ1v) is 6.79. The zero-order valence-electron chi connectivity index (χ0n) is 8.89. The molecule has 4 nitrogen and oxygen atoms in total. The molecule has 0 aliphatic heterocycles. The number of rotatable bonds is 5. The lowest BCUT2D eigenvalue weighted by atomic mass is 10.2. The smallest absolute Gasteiger partial charge is 0.240 e. The van der Waals surface area contributed by atoms with Gasteiger partial charge in [0.25, 0.3) is 0 Å². The highest BCUT2D eigenvalue weighted by Crippen LogP contribution is 2.28. The number of sulfonamides is 1. The SMILES string of the molecule is O=S(=O)(NCC1CC1)c1cccc(CO)c1. The number of hydrogen-bond donors (Lipinski definition) is 2. The van der Waals surface area contributed by atoms with Crippen LogP contribution in [0.2, 0.25) is 0 Å². The highest BCUT2D eigenvalue weighted by molar-refractivity contribution is 7.89. The van der Waals surface area contributed by atoms with Gasteiger partial charge in [0.05, 0.1) is 11.5 Å². The minimum Gasteiger partial charge on any atom is -0.392 e. The summed E-state index contributed by atoms with van der Waals surface area (Å²) in [6.45, 7) is 0.373. The van der Waals surface area contributed by atoms with Crippen LogP contribution in [-0.2, 0) is 16.6 Å². The Kier molecular flexibility index (Phi) is 3.28. The van der Waals surface area contributed by atoms with Crippen molar-refractivity contribution in [2.45, 2.75) is 24.3 Å². The first-order valence-electron chi connectivity index (χ1n) is 5.31. The van der Waals surface area contributed by atoms with Crippen LogP contribution in [0, 0.1) is 5.92 Å². The van der Waals surface area contributed by atoms with Gasteiger partial charge in [0, 0.05) is 6.54 Å². The Morgan fingerprint density at radius 3 is 2.75 bits per heavy atom. The van der Waals surface area contributed by atoms with Gasteiger partial charge in [-0.25, -0.2) is 13.1 Å². The van der Waals surface area contributed by atoms with Crippen molar-refractivity contribution < 1.29 is 13.5 Å². The molecule has 1 aliphatic carbocycles. The summed E-state index contributed by atoms with van der Waals surface area (Å²) >= 11 is 0. The molecule has 2 N–H and O–H groups in total. The molecule has 5 heteroatoms. The molecule has 0 unspecified atom stereocenters. The van der Waals surface area contributed by atoms with E-state index in [1.54, 1.807) is 12.1 Å². The lowest BCUT2D eigenvalue weighted by molar-refractivity contribution is 0.281. The van der Waals surface area contributed by atoms with Crippen LogP contribution in [0.4, 0.5) is 0 Å². The van der Waals surface area contributed by atoms with Gasteiger partial charge >= 0.3 is 0 Å². The fourth-order valence-electron chi connectivity index (χ4n) is 1.44. The fourth-order valence-corrected chi connectivity index (χ4v) is 2.63. The Morgan fingerprint density at radius 1 is 1.38 bits per heavy atom. The van der Waals surface area contributed by atoms with E-state index in [0.717, 1.165) is 12.8 Å². The molecule has 1 aromatic rings. The van der Waals surface area contributed by atoms with Crippen molar-refractivity contribution in [1.82, 2.24) is 4.72 Å². The molecule has 0 radical (unpaired) electrons. The number of nitrogens with one attached hydrogen (secondary N) is 1. The predicted molar refractivity (Wildman–Crippen MR) is 60.3 cm³/mol. The maximum atomic E-state index is 11.8. The van der Waals surface area contributed by atoms with Gasteiger partial charge in [0.15, 0.2) is 0 Å². The van der Waals surface area contributed by atoms with E-state index < -0.39 is 10.0 Å². The number of hydrogen-bond acceptors (Lipinski definition) is 3. The van der Waals surface area contributed by atoms with Crippen molar-refractivity contribution >= 4 is 10.0 Å². The highest BCUT2D eigenvalue weighted by Gasteiger charge is 2.24. The lowest BCUT2D eigenvalue weighted by Gasteiger charge is -2.06. The van der Waals surface area contributed by atoms with Crippen LogP contribution >= 0.6 is 0 Å². The van der Waals surface area contributed by atoms with Crippen molar-refractivity contribution in [2.75, 3.05) is 6.54 Å². The second-order valence-corrected chi connectivity index (χ2v) is 5.87. The van der Waals surface area contributed by atoms with Gasteiger partial charge in [-0.15, -0.1) is 0 Å². The maximum absolute atomic E-state index is 11.8. The number of aliphatic hydroxyl groups is 1. The van der Waals surface area contributed by atoms with E-state index >= 15 is 0 Å². The fraction of sp³-hybridized carbons (Fsp3) is 0.455. The molecular weight excluding hydrogens is 226 g/mol. The van der Waals surface area contributed by atoms with Gasteiger partial charge in [-0.05, 0) is 36.5 Å². The highest BCUT2D eigenvalue weighted by atomic mass is 32.2. The van der Waals surface area contributed by atoms with Crippen molar-refractivity contribution in [2.24, 2.45) is 5.92 Å². The van der Waals surface area contributed by atoms with Crippen molar-refractivity contribution in [3.05, 3.63) is 29.8 Å². The maximum Gasteiger partial charge on any atom is 0.240 e. The molecule has 0 atom stereocenters. The van der Waals surface area contributed by atoms with Gasteiger partial charge in [0.2, 0.25) is 10.0 Å². The molecule has 1 saturated carbocycles. The van der Waals surface area contributed by atoms with E-state index in [1.807, 2.05) is 0 Å². The average Bonchev–Trinajstić information content (AvgIpc) is 3.10. The molecule has 88 valence electrons. The summed E-state index contributed by atoms with van der Waals surface area (Å²) in [6, 6.07) is 6.36. The predicted octanol–water partition coefficient (Wildman–Crippen LogP) is 0.867. The van der Waals surface area contributed by atoms with Crippen LogP contribution in [0.15, 0.2) is 29.2 Å². The van der Waals surface area contributed by atoms with E-state index in [2.05, 4.69) is 4.72 Å². The molecule has 0 heterocycles. The Morgan fingerprint density at radius 2 is 2.12 bits per heavy atom. The zero-order chi connectivity index (χ0) is 11.6. The van der Waals surface area contributed by atoms with Gasteiger partial charge in [-0.2, -0.15) is 0 Å². The second-order valence-electron chi connectivity index (χ2n) is 4.10. The summed E-state index contributed by atoms with van der Waals surface area (Å²) in [7, 11) is -3.41. The minimum absolute atomic E-state index is 0.147. The summed E-state index contributed by atoms with van der Waals surface area (Å²) in [5.74, 6) is 0.510. The van der Waals surface area contributed by atoms with Gasteiger partial charge < -0.3 is 5.11 Å². The quantitative estimate of drug-likeness (QED) is 0.803. The van der Waals surface area contributed by atoms with Crippen LogP contribution in [0.1, 0.15) is 18.4 Å². The van der Waals surface area contributed by atoms with Crippen LogP contribution < -0.4 is 4.72 Å². The van der Waals surface area contributed by atoms with Crippen LogP contribution in [0.5, 0.6) is 0 Å². The summed E-state index contributed by atoms with van der Waals surface area (Å²) < 4.78 is 26.3. The molecule has 0 bridgehead atoms. The average molecular weight is 241 g/mol. The lowest BCUT2D eigenvalue weighted by Crippen LogP contribution is -2.25. The summed E-state index contributed by atoms with van der Waals surface area (Å²) in [5, 5.41) is 8.94. The Labute approximate surface area is 95.4 Å². The standard InChI is InChI=1S/C11H15NO3S/c13-8-10-2-1-3-11(6-10)16(14,15)12-7-9-4-5-9/h1-3,6,9,12-13H,4-5,7-8H2. The molecule has 1 aliphatic rings. The molecule has 1 aromatic carbocycles. The summed E-state index contributed by atoms with van der Waals surface area (Å²) in [4.78, 5) is 0.222. The van der Waals surface area contributed by atoms with Gasteiger partial charge in [-0.1, -0.05) is 12.1 Å². The molecule has 2 rings (SSSR count). The van der Waals surface area contributed by atoms with Crippen molar-refractivity contribution in [3.8, 4) is 0 Å². The monoisotopic (exact) mass is 241 g/mol. The third-order valence-electron chi connectivity index (χ3n) is 2.65. The Bertz CT molecular complexity index is 466. The Balaban J connectivity index is 2.13. The Hall–Kier alpha value is -0.910. The molecule has 16 heavy (non-hydrogen) atoms. The molecule has 0 amide bonds. The third-order valence-corrected chi connectivity index (χ3v) is 4.07. The van der Waals surface area contributed by atoms with Crippen molar-refractivity contribution in [1.29, 1.82) is 0 Å². The largest absolute Gasteiger partial charge is 0.392 e. The topological polar surface area (TPSA) is 66.4 Å². The molecule has 0 saturated heterocycles. The zero-order valence-corrected chi connectivity index (χ0v) is 9.70. The summed E-state index contributed by atoms with van der Waals surface area (Å²) in [5.41, 5.74) is 0.606. The molecule has 0 aromatic heterocycles. The van der Waals surface area contributed by atoms with E-state index in [1.165, 1.54) is 12.1 Å². The first-order chi connectivity index (χ1) is 7.62. The molecule has 1 fully saturated rings. The van der Waals surface area contributed by atoms with E-state index in [0.29, 0.717) is 18.0 Å². The normalized spacial score (nSPS) is 16.3.